The average Bonchev–Trinajstić information content (AvgIpc) is 2.52. The molecule has 0 aliphatic carbocycles. The van der Waals surface area contributed by atoms with Gasteiger partial charge in [-0.15, -0.1) is 0 Å². The van der Waals surface area contributed by atoms with Gasteiger partial charge in [-0.25, -0.2) is 0 Å². The van der Waals surface area contributed by atoms with Gasteiger partial charge in [-0.1, -0.05) is 29.3 Å². The number of aliphatic imine (C=N–C) groups is 1. The molecule has 1 aromatic carbocycles. The lowest BCUT2D eigenvalue weighted by molar-refractivity contribution is -0.123. The Bertz CT molecular complexity index is 528. The number of nitrogens with zero attached hydrogens (tertiary/aromatic N) is 1. The molecule has 1 saturated heterocycles. The van der Waals surface area contributed by atoms with Crippen LogP contribution in [0.3, 0.4) is 0 Å². The van der Waals surface area contributed by atoms with E-state index in [0.717, 1.165) is 16.7 Å². The molecular weight excluding hydrogens is 238 g/mol. The SMILES string of the molecule is Cc1cc(C)cc(C2(C)NC(=NC(C)C)NC2=O)c1. The van der Waals surface area contributed by atoms with E-state index in [0.29, 0.717) is 5.96 Å². The number of guanidine groups is 1. The van der Waals surface area contributed by atoms with Crippen molar-refractivity contribution in [2.75, 3.05) is 0 Å². The molecular formula is C15H21N3O. The number of hydrogen-bond donors (Lipinski definition) is 2. The number of carbonyl (C=O) groups excluding carboxylic acids is 1. The topological polar surface area (TPSA) is 53.5 Å². The zero-order chi connectivity index (χ0) is 14.2. The highest BCUT2D eigenvalue weighted by Gasteiger charge is 2.42. The second kappa shape index (κ2) is 4.68. The molecule has 1 aromatic rings. The first kappa shape index (κ1) is 13.6. The van der Waals surface area contributed by atoms with Crippen LogP contribution < -0.4 is 10.6 Å². The Balaban J connectivity index is 2.40. The molecule has 1 atom stereocenters. The van der Waals surface area contributed by atoms with Gasteiger partial charge < -0.3 is 5.32 Å². The van der Waals surface area contributed by atoms with E-state index in [1.165, 1.54) is 0 Å². The molecule has 0 radical (unpaired) electrons. The van der Waals surface area contributed by atoms with Gasteiger partial charge in [-0.2, -0.15) is 0 Å². The van der Waals surface area contributed by atoms with Gasteiger partial charge in [-0.05, 0) is 40.2 Å². The summed E-state index contributed by atoms with van der Waals surface area (Å²) in [5, 5.41) is 6.02. The number of rotatable bonds is 2. The van der Waals surface area contributed by atoms with Crippen LogP contribution in [0.25, 0.3) is 0 Å². The fraction of sp³-hybridized carbons (Fsp3) is 0.467. The van der Waals surface area contributed by atoms with Gasteiger partial charge in [-0.3, -0.25) is 15.1 Å². The zero-order valence-corrected chi connectivity index (χ0v) is 12.2. The molecule has 0 saturated carbocycles. The third-order valence-electron chi connectivity index (χ3n) is 3.24. The van der Waals surface area contributed by atoms with E-state index in [4.69, 9.17) is 0 Å². The van der Waals surface area contributed by atoms with E-state index < -0.39 is 5.54 Å². The van der Waals surface area contributed by atoms with Gasteiger partial charge in [0.15, 0.2) is 5.96 Å². The van der Waals surface area contributed by atoms with E-state index in [2.05, 4.69) is 21.7 Å². The Labute approximate surface area is 114 Å². The number of carbonyl (C=O) groups is 1. The molecule has 4 nitrogen and oxygen atoms in total. The normalized spacial score (nSPS) is 24.7. The number of benzene rings is 1. The fourth-order valence-corrected chi connectivity index (χ4v) is 2.35. The third-order valence-corrected chi connectivity index (χ3v) is 3.24. The molecule has 1 aliphatic rings. The van der Waals surface area contributed by atoms with Crippen molar-refractivity contribution in [1.82, 2.24) is 10.6 Å². The second-order valence-electron chi connectivity index (χ2n) is 5.65. The quantitative estimate of drug-likeness (QED) is 0.853. The van der Waals surface area contributed by atoms with Crippen molar-refractivity contribution in [3.63, 3.8) is 0 Å². The minimum atomic E-state index is -0.746. The molecule has 1 amide bonds. The predicted molar refractivity (Wildman–Crippen MR) is 77.1 cm³/mol. The first-order chi connectivity index (χ1) is 8.81. The van der Waals surface area contributed by atoms with Gasteiger partial charge in [0.05, 0.1) is 0 Å². The van der Waals surface area contributed by atoms with E-state index in [9.17, 15) is 4.79 Å². The van der Waals surface area contributed by atoms with Crippen LogP contribution in [0.1, 0.15) is 37.5 Å². The molecule has 0 aromatic heterocycles. The van der Waals surface area contributed by atoms with Crippen LogP contribution in [0, 0.1) is 13.8 Å². The summed E-state index contributed by atoms with van der Waals surface area (Å²) >= 11 is 0. The Morgan fingerprint density at radius 2 is 1.74 bits per heavy atom. The van der Waals surface area contributed by atoms with Crippen LogP contribution in [0.5, 0.6) is 0 Å². The van der Waals surface area contributed by atoms with Crippen LogP contribution in [0.2, 0.25) is 0 Å². The molecule has 1 fully saturated rings. The van der Waals surface area contributed by atoms with Gasteiger partial charge in [0.2, 0.25) is 0 Å². The van der Waals surface area contributed by atoms with Crippen molar-refractivity contribution in [3.8, 4) is 0 Å². The van der Waals surface area contributed by atoms with Crippen molar-refractivity contribution in [2.45, 2.75) is 46.2 Å². The molecule has 102 valence electrons. The third kappa shape index (κ3) is 2.62. The summed E-state index contributed by atoms with van der Waals surface area (Å²) in [7, 11) is 0. The van der Waals surface area contributed by atoms with E-state index >= 15 is 0 Å². The highest BCUT2D eigenvalue weighted by Crippen LogP contribution is 2.26. The van der Waals surface area contributed by atoms with E-state index in [1.54, 1.807) is 0 Å². The summed E-state index contributed by atoms with van der Waals surface area (Å²) < 4.78 is 0. The highest BCUT2D eigenvalue weighted by molar-refractivity contribution is 6.09. The van der Waals surface area contributed by atoms with Gasteiger partial charge >= 0.3 is 0 Å². The standard InChI is InChI=1S/C15H21N3O/c1-9(2)16-14-17-13(19)15(5,18-14)12-7-10(3)6-11(4)8-12/h6-9H,1-5H3,(H2,16,17,18,19). The summed E-state index contributed by atoms with van der Waals surface area (Å²) in [4.78, 5) is 16.6. The summed E-state index contributed by atoms with van der Waals surface area (Å²) in [6.07, 6.45) is 0. The molecule has 0 bridgehead atoms. The van der Waals surface area contributed by atoms with Crippen LogP contribution in [-0.4, -0.2) is 17.9 Å². The zero-order valence-electron chi connectivity index (χ0n) is 12.2. The lowest BCUT2D eigenvalue weighted by Gasteiger charge is -2.22. The summed E-state index contributed by atoms with van der Waals surface area (Å²) in [5.74, 6) is 0.499. The maximum Gasteiger partial charge on any atom is 0.256 e. The van der Waals surface area contributed by atoms with Crippen LogP contribution >= 0.6 is 0 Å². The lowest BCUT2D eigenvalue weighted by Crippen LogP contribution is -2.40. The number of amides is 1. The van der Waals surface area contributed by atoms with Crippen molar-refractivity contribution in [1.29, 1.82) is 0 Å². The summed E-state index contributed by atoms with van der Waals surface area (Å²) in [6.45, 7) is 9.92. The monoisotopic (exact) mass is 259 g/mol. The van der Waals surface area contributed by atoms with Crippen LogP contribution in [-0.2, 0) is 10.3 Å². The highest BCUT2D eigenvalue weighted by atomic mass is 16.2. The maximum atomic E-state index is 12.3. The fourth-order valence-electron chi connectivity index (χ4n) is 2.35. The van der Waals surface area contributed by atoms with Crippen molar-refractivity contribution < 1.29 is 4.79 Å². The lowest BCUT2D eigenvalue weighted by atomic mass is 9.90. The minimum Gasteiger partial charge on any atom is -0.338 e. The maximum absolute atomic E-state index is 12.3. The summed E-state index contributed by atoms with van der Waals surface area (Å²) in [6, 6.07) is 6.32. The molecule has 1 aliphatic heterocycles. The molecule has 1 heterocycles. The second-order valence-corrected chi connectivity index (χ2v) is 5.65. The Kier molecular flexibility index (Phi) is 3.35. The average molecular weight is 259 g/mol. The van der Waals surface area contributed by atoms with Gasteiger partial charge in [0.1, 0.15) is 5.54 Å². The molecule has 0 spiro atoms. The van der Waals surface area contributed by atoms with Crippen LogP contribution in [0.4, 0.5) is 0 Å². The van der Waals surface area contributed by atoms with Crippen molar-refractivity contribution in [3.05, 3.63) is 34.9 Å². The molecule has 4 heteroatoms. The van der Waals surface area contributed by atoms with Crippen molar-refractivity contribution >= 4 is 11.9 Å². The first-order valence-electron chi connectivity index (χ1n) is 6.57. The minimum absolute atomic E-state index is 0.0584. The smallest absolute Gasteiger partial charge is 0.256 e. The Morgan fingerprint density at radius 1 is 1.16 bits per heavy atom. The largest absolute Gasteiger partial charge is 0.338 e. The van der Waals surface area contributed by atoms with Crippen LogP contribution in [0.15, 0.2) is 23.2 Å². The number of nitrogens with one attached hydrogen (secondary N) is 2. The Hall–Kier alpha value is -1.84. The Morgan fingerprint density at radius 3 is 2.26 bits per heavy atom. The van der Waals surface area contributed by atoms with E-state index in [1.807, 2.05) is 46.8 Å². The first-order valence-corrected chi connectivity index (χ1v) is 6.57. The molecule has 2 N–H and O–H groups in total. The molecule has 2 rings (SSSR count). The van der Waals surface area contributed by atoms with E-state index in [-0.39, 0.29) is 11.9 Å². The number of aryl methyl sites for hydroxylation is 2. The summed E-state index contributed by atoms with van der Waals surface area (Å²) in [5.41, 5.74) is 2.53. The molecule has 1 unspecified atom stereocenters. The van der Waals surface area contributed by atoms with Crippen molar-refractivity contribution in [2.24, 2.45) is 4.99 Å². The van der Waals surface area contributed by atoms with Gasteiger partial charge in [0.25, 0.3) is 5.91 Å². The number of hydrogen-bond acceptors (Lipinski definition) is 2. The molecule has 19 heavy (non-hydrogen) atoms. The van der Waals surface area contributed by atoms with Gasteiger partial charge in [0, 0.05) is 6.04 Å². The predicted octanol–water partition coefficient (Wildman–Crippen LogP) is 2.00.